The zero-order valence-electron chi connectivity index (χ0n) is 13.0. The smallest absolute Gasteiger partial charge is 0.399 e. The predicted octanol–water partition coefficient (Wildman–Crippen LogP) is 1.57. The van der Waals surface area contributed by atoms with Crippen molar-refractivity contribution in [3.63, 3.8) is 0 Å². The Morgan fingerprint density at radius 3 is 2.30 bits per heavy atom. The van der Waals surface area contributed by atoms with Gasteiger partial charge in [-0.3, -0.25) is 9.19 Å². The van der Waals surface area contributed by atoms with Crippen molar-refractivity contribution < 1.29 is 13.5 Å². The first-order valence-electron chi connectivity index (χ1n) is 6.73. The standard InChI is InChI=1S/C14H22BNO3S/c1-10-7-11(9-20(6)17)12(8-16-10)15-18-13(2,3)14(4,5)19-15/h7-8H,9H2,1-6H3. The fourth-order valence-corrected chi connectivity index (χ4v) is 2.84. The Labute approximate surface area is 123 Å². The Bertz CT molecular complexity index is 529. The number of hydrogen-bond donors (Lipinski definition) is 0. The first kappa shape index (κ1) is 15.7. The minimum absolute atomic E-state index is 0.384. The van der Waals surface area contributed by atoms with Crippen molar-refractivity contribution in [3.8, 4) is 0 Å². The lowest BCUT2D eigenvalue weighted by Crippen LogP contribution is -2.41. The van der Waals surface area contributed by atoms with Crippen LogP contribution in [0.2, 0.25) is 0 Å². The first-order chi connectivity index (χ1) is 9.12. The molecule has 6 heteroatoms. The fourth-order valence-electron chi connectivity index (χ4n) is 2.15. The maximum atomic E-state index is 11.6. The normalized spacial score (nSPS) is 22.0. The second kappa shape index (κ2) is 5.24. The van der Waals surface area contributed by atoms with Gasteiger partial charge in [-0.05, 0) is 46.2 Å². The zero-order valence-corrected chi connectivity index (χ0v) is 13.8. The van der Waals surface area contributed by atoms with Gasteiger partial charge in [0, 0.05) is 40.2 Å². The molecule has 2 rings (SSSR count). The number of hydrogen-bond acceptors (Lipinski definition) is 4. The Morgan fingerprint density at radius 1 is 1.25 bits per heavy atom. The van der Waals surface area contributed by atoms with Gasteiger partial charge in [0.05, 0.1) is 11.2 Å². The number of pyridine rings is 1. The number of nitrogens with zero attached hydrogens (tertiary/aromatic N) is 1. The van der Waals surface area contributed by atoms with E-state index in [-0.39, 0.29) is 11.2 Å². The van der Waals surface area contributed by atoms with Gasteiger partial charge in [0.15, 0.2) is 0 Å². The third-order valence-corrected chi connectivity index (χ3v) is 4.74. The molecule has 4 nitrogen and oxygen atoms in total. The van der Waals surface area contributed by atoms with E-state index in [9.17, 15) is 4.21 Å². The van der Waals surface area contributed by atoms with E-state index in [1.165, 1.54) is 0 Å². The van der Waals surface area contributed by atoms with Crippen molar-refractivity contribution in [1.82, 2.24) is 4.98 Å². The van der Waals surface area contributed by atoms with Crippen molar-refractivity contribution in [1.29, 1.82) is 0 Å². The van der Waals surface area contributed by atoms with Crippen molar-refractivity contribution in [3.05, 3.63) is 23.5 Å². The zero-order chi connectivity index (χ0) is 15.1. The molecule has 110 valence electrons. The van der Waals surface area contributed by atoms with Crippen LogP contribution in [0.15, 0.2) is 12.3 Å². The van der Waals surface area contributed by atoms with E-state index in [1.54, 1.807) is 12.5 Å². The summed E-state index contributed by atoms with van der Waals surface area (Å²) in [6, 6.07) is 1.96. The summed E-state index contributed by atoms with van der Waals surface area (Å²) >= 11 is 0. The molecule has 0 bridgehead atoms. The van der Waals surface area contributed by atoms with Gasteiger partial charge in [-0.15, -0.1) is 0 Å². The third kappa shape index (κ3) is 2.97. The summed E-state index contributed by atoms with van der Waals surface area (Å²) in [5.41, 5.74) is 2.00. The molecular weight excluding hydrogens is 273 g/mol. The molecule has 1 unspecified atom stereocenters. The summed E-state index contributed by atoms with van der Waals surface area (Å²) in [4.78, 5) is 4.33. The van der Waals surface area contributed by atoms with Crippen molar-refractivity contribution in [2.24, 2.45) is 0 Å². The average Bonchev–Trinajstić information content (AvgIpc) is 2.46. The van der Waals surface area contributed by atoms with Crippen LogP contribution in [0.3, 0.4) is 0 Å². The molecule has 1 atom stereocenters. The van der Waals surface area contributed by atoms with Crippen molar-refractivity contribution >= 4 is 23.4 Å². The highest BCUT2D eigenvalue weighted by molar-refractivity contribution is 7.83. The molecule has 20 heavy (non-hydrogen) atoms. The van der Waals surface area contributed by atoms with Crippen LogP contribution in [-0.4, -0.2) is 33.8 Å². The molecule has 0 spiro atoms. The Morgan fingerprint density at radius 2 is 1.80 bits per heavy atom. The SMILES string of the molecule is Cc1cc(CS(C)=O)c(B2OC(C)(C)C(C)(C)O2)cn1. The summed E-state index contributed by atoms with van der Waals surface area (Å²) in [6.45, 7) is 10.0. The van der Waals surface area contributed by atoms with Gasteiger partial charge in [-0.1, -0.05) is 0 Å². The van der Waals surface area contributed by atoms with E-state index in [4.69, 9.17) is 9.31 Å². The van der Waals surface area contributed by atoms with E-state index in [2.05, 4.69) is 4.98 Å². The number of aromatic nitrogens is 1. The molecule has 2 heterocycles. The molecule has 0 aliphatic carbocycles. The second-order valence-corrected chi connectivity index (χ2v) is 7.77. The van der Waals surface area contributed by atoms with Crippen molar-refractivity contribution in [2.45, 2.75) is 51.6 Å². The van der Waals surface area contributed by atoms with Gasteiger partial charge in [-0.2, -0.15) is 0 Å². The maximum absolute atomic E-state index is 11.6. The maximum Gasteiger partial charge on any atom is 0.496 e. The second-order valence-electron chi connectivity index (χ2n) is 6.33. The van der Waals surface area contributed by atoms with Crippen LogP contribution in [0.4, 0.5) is 0 Å². The van der Waals surface area contributed by atoms with Crippen molar-refractivity contribution in [2.75, 3.05) is 6.26 Å². The van der Waals surface area contributed by atoms with Gasteiger partial charge in [0.1, 0.15) is 0 Å². The summed E-state index contributed by atoms with van der Waals surface area (Å²) in [6.07, 6.45) is 3.48. The molecule has 0 aromatic carbocycles. The average molecular weight is 295 g/mol. The lowest BCUT2D eigenvalue weighted by Gasteiger charge is -2.32. The minimum Gasteiger partial charge on any atom is -0.399 e. The van der Waals surface area contributed by atoms with Gasteiger partial charge >= 0.3 is 7.12 Å². The molecule has 0 N–H and O–H groups in total. The van der Waals surface area contributed by atoms with Gasteiger partial charge in [-0.25, -0.2) is 0 Å². The van der Waals surface area contributed by atoms with Crippen LogP contribution in [0.1, 0.15) is 39.0 Å². The van der Waals surface area contributed by atoms with Gasteiger partial charge in [0.2, 0.25) is 0 Å². The summed E-state index contributed by atoms with van der Waals surface area (Å²) < 4.78 is 23.7. The topological polar surface area (TPSA) is 48.4 Å². The van der Waals surface area contributed by atoms with Crippen LogP contribution in [-0.2, 0) is 25.9 Å². The quantitative estimate of drug-likeness (QED) is 0.794. The van der Waals surface area contributed by atoms with E-state index < -0.39 is 17.9 Å². The molecule has 1 saturated heterocycles. The molecule has 0 saturated carbocycles. The molecular formula is C14H22BNO3S. The van der Waals surface area contributed by atoms with E-state index in [0.29, 0.717) is 5.75 Å². The molecule has 0 radical (unpaired) electrons. The first-order valence-corrected chi connectivity index (χ1v) is 8.46. The lowest BCUT2D eigenvalue weighted by molar-refractivity contribution is 0.00578. The summed E-state index contributed by atoms with van der Waals surface area (Å²) in [7, 11) is -1.36. The monoisotopic (exact) mass is 295 g/mol. The molecule has 1 aliphatic heterocycles. The molecule has 1 fully saturated rings. The molecule has 1 aromatic heterocycles. The molecule has 1 aliphatic rings. The number of rotatable bonds is 3. The van der Waals surface area contributed by atoms with E-state index >= 15 is 0 Å². The van der Waals surface area contributed by atoms with Gasteiger partial charge < -0.3 is 9.31 Å². The highest BCUT2D eigenvalue weighted by Gasteiger charge is 2.52. The minimum atomic E-state index is -0.912. The third-order valence-electron chi connectivity index (χ3n) is 4.03. The van der Waals surface area contributed by atoms with Crippen LogP contribution >= 0.6 is 0 Å². The highest BCUT2D eigenvalue weighted by Crippen LogP contribution is 2.36. The Hall–Kier alpha value is -0.715. The van der Waals surface area contributed by atoms with Crippen LogP contribution in [0.25, 0.3) is 0 Å². The predicted molar refractivity (Wildman–Crippen MR) is 82.5 cm³/mol. The van der Waals surface area contributed by atoms with Gasteiger partial charge in [0.25, 0.3) is 0 Å². The molecule has 1 aromatic rings. The fraction of sp³-hybridized carbons (Fsp3) is 0.643. The number of aryl methyl sites for hydroxylation is 1. The van der Waals surface area contributed by atoms with Crippen LogP contribution in [0, 0.1) is 6.92 Å². The van der Waals surface area contributed by atoms with E-state index in [1.807, 2.05) is 40.7 Å². The Balaban J connectivity index is 2.37. The largest absolute Gasteiger partial charge is 0.496 e. The highest BCUT2D eigenvalue weighted by atomic mass is 32.2. The molecule has 0 amide bonds. The Kier molecular flexibility index (Phi) is 4.11. The summed E-state index contributed by atoms with van der Waals surface area (Å²) in [5.74, 6) is 0.489. The van der Waals surface area contributed by atoms with Crippen LogP contribution in [0.5, 0.6) is 0 Å². The lowest BCUT2D eigenvalue weighted by atomic mass is 9.77. The van der Waals surface area contributed by atoms with Crippen LogP contribution < -0.4 is 5.46 Å². The van der Waals surface area contributed by atoms with E-state index in [0.717, 1.165) is 16.7 Å². The summed E-state index contributed by atoms with van der Waals surface area (Å²) in [5, 5.41) is 0.